The van der Waals surface area contributed by atoms with E-state index < -0.39 is 6.04 Å². The molecule has 1 aliphatic carbocycles. The minimum Gasteiger partial charge on any atom is -0.483 e. The minimum atomic E-state index is -0.426. The summed E-state index contributed by atoms with van der Waals surface area (Å²) >= 11 is 0. The van der Waals surface area contributed by atoms with Crippen molar-refractivity contribution in [3.63, 3.8) is 0 Å². The van der Waals surface area contributed by atoms with Gasteiger partial charge in [0.05, 0.1) is 18.5 Å². The number of hydrogen-bond acceptors (Lipinski definition) is 4. The Balaban J connectivity index is 1.85. The number of aryl methyl sites for hydroxylation is 1. The van der Waals surface area contributed by atoms with E-state index in [1.807, 2.05) is 26.8 Å². The van der Waals surface area contributed by atoms with E-state index in [4.69, 9.17) is 4.74 Å². The summed E-state index contributed by atoms with van der Waals surface area (Å²) in [6.07, 6.45) is 2.84. The third kappa shape index (κ3) is 4.96. The average molecular weight is 413 g/mol. The molecule has 1 aromatic carbocycles. The molecule has 3 rings (SSSR count). The summed E-state index contributed by atoms with van der Waals surface area (Å²) in [7, 11) is 3.30. The third-order valence-corrected chi connectivity index (χ3v) is 5.14. The first-order valence-electron chi connectivity index (χ1n) is 10.2. The number of allylic oxidation sites excluding steroid dienone is 1. The van der Waals surface area contributed by atoms with Gasteiger partial charge in [-0.1, -0.05) is 19.1 Å². The zero-order valence-corrected chi connectivity index (χ0v) is 18.2. The molecule has 1 fully saturated rings. The summed E-state index contributed by atoms with van der Waals surface area (Å²) in [5.41, 5.74) is 3.67. The van der Waals surface area contributed by atoms with Gasteiger partial charge in [-0.15, -0.1) is 0 Å². The maximum Gasteiger partial charge on any atom is 0.270 e. The highest BCUT2D eigenvalue weighted by Gasteiger charge is 2.29. The predicted octanol–water partition coefficient (Wildman–Crippen LogP) is 4.44. The van der Waals surface area contributed by atoms with E-state index in [2.05, 4.69) is 15.4 Å². The SMILES string of the molecule is CCC(NC(=O)c1cc(C2CC2)nn1C)/C(=N/C(=C(C)C)c1cccc(F)c1)OC. The number of ether oxygens (including phenoxy) is 1. The zero-order valence-electron chi connectivity index (χ0n) is 18.2. The van der Waals surface area contributed by atoms with Crippen molar-refractivity contribution < 1.29 is 13.9 Å². The van der Waals surface area contributed by atoms with Crippen LogP contribution in [0, 0.1) is 5.82 Å². The lowest BCUT2D eigenvalue weighted by Crippen LogP contribution is -2.41. The zero-order chi connectivity index (χ0) is 21.8. The molecule has 1 saturated carbocycles. The van der Waals surface area contributed by atoms with E-state index >= 15 is 0 Å². The largest absolute Gasteiger partial charge is 0.483 e. The molecule has 0 radical (unpaired) electrons. The minimum absolute atomic E-state index is 0.224. The molecule has 160 valence electrons. The van der Waals surface area contributed by atoms with E-state index in [9.17, 15) is 9.18 Å². The Bertz CT molecular complexity index is 985. The number of aliphatic imine (C=N–C) groups is 1. The van der Waals surface area contributed by atoms with Crippen molar-refractivity contribution in [2.45, 2.75) is 52.0 Å². The molecule has 0 spiro atoms. The number of rotatable bonds is 7. The van der Waals surface area contributed by atoms with Crippen molar-refractivity contribution >= 4 is 17.5 Å². The van der Waals surface area contributed by atoms with Crippen molar-refractivity contribution in [1.29, 1.82) is 0 Å². The Morgan fingerprint density at radius 1 is 1.37 bits per heavy atom. The van der Waals surface area contributed by atoms with Crippen molar-refractivity contribution in [2.75, 3.05) is 7.11 Å². The monoisotopic (exact) mass is 412 g/mol. The average Bonchev–Trinajstić information content (AvgIpc) is 3.49. The fraction of sp³-hybridized carbons (Fsp3) is 0.435. The van der Waals surface area contributed by atoms with Crippen LogP contribution >= 0.6 is 0 Å². The first-order valence-corrected chi connectivity index (χ1v) is 10.2. The Hall–Kier alpha value is -2.96. The van der Waals surface area contributed by atoms with Gasteiger partial charge in [0.2, 0.25) is 5.90 Å². The van der Waals surface area contributed by atoms with Gasteiger partial charge in [-0.05, 0) is 56.9 Å². The Labute approximate surface area is 176 Å². The molecule has 1 aromatic heterocycles. The second-order valence-electron chi connectivity index (χ2n) is 7.80. The number of nitrogens with zero attached hydrogens (tertiary/aromatic N) is 3. The molecule has 1 N–H and O–H groups in total. The molecule has 6 nitrogen and oxygen atoms in total. The lowest BCUT2D eigenvalue weighted by atomic mass is 10.1. The second kappa shape index (κ2) is 9.24. The summed E-state index contributed by atoms with van der Waals surface area (Å²) in [6.45, 7) is 5.76. The molecule has 1 heterocycles. The highest BCUT2D eigenvalue weighted by atomic mass is 19.1. The number of carbonyl (C=O) groups is 1. The maximum absolute atomic E-state index is 13.7. The van der Waals surface area contributed by atoms with Crippen LogP contribution in [-0.4, -0.2) is 34.7 Å². The van der Waals surface area contributed by atoms with Crippen molar-refractivity contribution in [3.05, 3.63) is 58.7 Å². The van der Waals surface area contributed by atoms with Gasteiger partial charge < -0.3 is 10.1 Å². The van der Waals surface area contributed by atoms with Gasteiger partial charge in [0, 0.05) is 18.5 Å². The second-order valence-corrected chi connectivity index (χ2v) is 7.80. The molecule has 0 bridgehead atoms. The summed E-state index contributed by atoms with van der Waals surface area (Å²) in [5.74, 6) is 0.291. The van der Waals surface area contributed by atoms with Crippen LogP contribution in [-0.2, 0) is 11.8 Å². The van der Waals surface area contributed by atoms with Crippen LogP contribution < -0.4 is 5.32 Å². The molecule has 2 aromatic rings. The summed E-state index contributed by atoms with van der Waals surface area (Å²) in [5, 5.41) is 7.47. The van der Waals surface area contributed by atoms with Crippen molar-refractivity contribution in [3.8, 4) is 0 Å². The quantitative estimate of drug-likeness (QED) is 0.540. The van der Waals surface area contributed by atoms with Crippen LogP contribution in [0.3, 0.4) is 0 Å². The molecule has 1 atom stereocenters. The molecule has 1 unspecified atom stereocenters. The molecule has 7 heteroatoms. The van der Waals surface area contributed by atoms with Gasteiger partial charge in [-0.3, -0.25) is 9.48 Å². The van der Waals surface area contributed by atoms with Gasteiger partial charge in [0.15, 0.2) is 0 Å². The Kier molecular flexibility index (Phi) is 6.70. The van der Waals surface area contributed by atoms with Crippen molar-refractivity contribution in [1.82, 2.24) is 15.1 Å². The molecular formula is C23H29FN4O2. The van der Waals surface area contributed by atoms with E-state index in [-0.39, 0.29) is 11.7 Å². The van der Waals surface area contributed by atoms with Crippen LogP contribution in [0.25, 0.3) is 5.70 Å². The van der Waals surface area contributed by atoms with Gasteiger partial charge >= 0.3 is 0 Å². The number of carbonyl (C=O) groups excluding carboxylic acids is 1. The highest BCUT2D eigenvalue weighted by molar-refractivity contribution is 5.97. The lowest BCUT2D eigenvalue weighted by Gasteiger charge is -2.19. The standard InChI is InChI=1S/C23H29FN4O2/c1-6-18(25-22(29)20-13-19(15-10-11-15)27-28(20)4)23(30-5)26-21(14(2)3)16-8-7-9-17(24)12-16/h7-9,12-13,15,18H,6,10-11H2,1-5H3,(H,25,29)/b26-23-. The number of nitrogens with one attached hydrogen (secondary N) is 1. The van der Waals surface area contributed by atoms with Crippen LogP contribution in [0.1, 0.15) is 67.7 Å². The Morgan fingerprint density at radius 2 is 2.10 bits per heavy atom. The van der Waals surface area contributed by atoms with Crippen LogP contribution in [0.4, 0.5) is 4.39 Å². The van der Waals surface area contributed by atoms with E-state index in [0.717, 1.165) is 24.1 Å². The van der Waals surface area contributed by atoms with Gasteiger partial charge in [-0.25, -0.2) is 9.38 Å². The first kappa shape index (κ1) is 21.7. The van der Waals surface area contributed by atoms with Crippen LogP contribution in [0.2, 0.25) is 0 Å². The number of methoxy groups -OCH3 is 1. The van der Waals surface area contributed by atoms with E-state index in [1.54, 1.807) is 23.9 Å². The number of hydrogen-bond donors (Lipinski definition) is 1. The molecule has 0 saturated heterocycles. The van der Waals surface area contributed by atoms with Crippen LogP contribution in [0.5, 0.6) is 0 Å². The van der Waals surface area contributed by atoms with Crippen molar-refractivity contribution in [2.24, 2.45) is 12.0 Å². The maximum atomic E-state index is 13.7. The fourth-order valence-corrected chi connectivity index (χ4v) is 3.33. The predicted molar refractivity (Wildman–Crippen MR) is 116 cm³/mol. The Morgan fingerprint density at radius 3 is 2.67 bits per heavy atom. The number of amides is 1. The van der Waals surface area contributed by atoms with Gasteiger partial charge in [-0.2, -0.15) is 5.10 Å². The third-order valence-electron chi connectivity index (χ3n) is 5.14. The smallest absolute Gasteiger partial charge is 0.270 e. The number of benzene rings is 1. The number of halogens is 1. The molecule has 30 heavy (non-hydrogen) atoms. The van der Waals surface area contributed by atoms with Gasteiger partial charge in [0.25, 0.3) is 5.91 Å². The number of aromatic nitrogens is 2. The summed E-state index contributed by atoms with van der Waals surface area (Å²) < 4.78 is 20.9. The lowest BCUT2D eigenvalue weighted by molar-refractivity contribution is 0.0933. The van der Waals surface area contributed by atoms with Gasteiger partial charge in [0.1, 0.15) is 17.6 Å². The normalized spacial score (nSPS) is 14.9. The molecule has 1 aliphatic rings. The summed E-state index contributed by atoms with van der Waals surface area (Å²) in [6, 6.07) is 7.72. The fourth-order valence-electron chi connectivity index (χ4n) is 3.33. The molecule has 0 aliphatic heterocycles. The topological polar surface area (TPSA) is 68.5 Å². The summed E-state index contributed by atoms with van der Waals surface area (Å²) in [4.78, 5) is 17.6. The molecular weight excluding hydrogens is 383 g/mol. The van der Waals surface area contributed by atoms with Crippen LogP contribution in [0.15, 0.2) is 40.9 Å². The first-order chi connectivity index (χ1) is 14.3. The van der Waals surface area contributed by atoms with E-state index in [0.29, 0.717) is 35.2 Å². The van der Waals surface area contributed by atoms with E-state index in [1.165, 1.54) is 19.2 Å². The molecule has 1 amide bonds. The highest BCUT2D eigenvalue weighted by Crippen LogP contribution is 2.39.